The number of rotatable bonds is 3. The van der Waals surface area contributed by atoms with Gasteiger partial charge in [0.1, 0.15) is 0 Å². The minimum atomic E-state index is -0.829. The van der Waals surface area contributed by atoms with E-state index in [2.05, 4.69) is 10.00 Å². The molecule has 0 bridgehead atoms. The van der Waals surface area contributed by atoms with Crippen LogP contribution < -0.4 is 5.73 Å². The monoisotopic (exact) mass is 239 g/mol. The largest absolute Gasteiger partial charge is 0.465 e. The molecule has 1 aromatic rings. The van der Waals surface area contributed by atoms with E-state index in [0.717, 1.165) is 26.2 Å². The molecule has 1 fully saturated rings. The Morgan fingerprint density at radius 1 is 1.35 bits per heavy atom. The summed E-state index contributed by atoms with van der Waals surface area (Å²) in [7, 11) is 0. The number of carbonyl (C=O) groups is 1. The van der Waals surface area contributed by atoms with Crippen molar-refractivity contribution in [3.8, 4) is 0 Å². The standard InChI is InChI=1S/C10H17N5O2/c11-9-7-12-15(8-9)6-3-13-1-4-14(5-2-13)10(16)17/h7-8H,1-6,11H2,(H,16,17). The van der Waals surface area contributed by atoms with Crippen molar-refractivity contribution in [3.05, 3.63) is 12.4 Å². The molecule has 1 aromatic heterocycles. The molecule has 2 rings (SSSR count). The Hall–Kier alpha value is -1.76. The third-order valence-electron chi connectivity index (χ3n) is 2.94. The van der Waals surface area contributed by atoms with Gasteiger partial charge in [0.15, 0.2) is 0 Å². The molecule has 1 amide bonds. The number of carboxylic acid groups (broad SMARTS) is 1. The number of piperazine rings is 1. The van der Waals surface area contributed by atoms with Crippen LogP contribution in [-0.2, 0) is 6.54 Å². The van der Waals surface area contributed by atoms with Gasteiger partial charge in [0.05, 0.1) is 18.4 Å². The van der Waals surface area contributed by atoms with Gasteiger partial charge < -0.3 is 15.7 Å². The summed E-state index contributed by atoms with van der Waals surface area (Å²) >= 11 is 0. The second kappa shape index (κ2) is 5.05. The number of amides is 1. The third-order valence-corrected chi connectivity index (χ3v) is 2.94. The highest BCUT2D eigenvalue weighted by Crippen LogP contribution is 2.03. The van der Waals surface area contributed by atoms with E-state index in [-0.39, 0.29) is 0 Å². The average Bonchev–Trinajstić information content (AvgIpc) is 2.73. The second-order valence-corrected chi connectivity index (χ2v) is 4.15. The van der Waals surface area contributed by atoms with Gasteiger partial charge in [-0.1, -0.05) is 0 Å². The van der Waals surface area contributed by atoms with Gasteiger partial charge in [0, 0.05) is 38.9 Å². The van der Waals surface area contributed by atoms with E-state index in [1.807, 2.05) is 0 Å². The molecular weight excluding hydrogens is 222 g/mol. The molecular formula is C10H17N5O2. The van der Waals surface area contributed by atoms with Gasteiger partial charge in [-0.15, -0.1) is 0 Å². The molecule has 1 aliphatic rings. The van der Waals surface area contributed by atoms with Crippen LogP contribution in [0.4, 0.5) is 10.5 Å². The van der Waals surface area contributed by atoms with Gasteiger partial charge in [0.2, 0.25) is 0 Å². The molecule has 1 aliphatic heterocycles. The summed E-state index contributed by atoms with van der Waals surface area (Å²) in [6.45, 7) is 4.37. The van der Waals surface area contributed by atoms with Crippen LogP contribution in [0.2, 0.25) is 0 Å². The van der Waals surface area contributed by atoms with Gasteiger partial charge in [-0.2, -0.15) is 5.10 Å². The maximum Gasteiger partial charge on any atom is 0.407 e. The second-order valence-electron chi connectivity index (χ2n) is 4.15. The van der Waals surface area contributed by atoms with Gasteiger partial charge in [-0.3, -0.25) is 9.58 Å². The smallest absolute Gasteiger partial charge is 0.407 e. The fourth-order valence-electron chi connectivity index (χ4n) is 1.91. The highest BCUT2D eigenvalue weighted by atomic mass is 16.4. The van der Waals surface area contributed by atoms with Crippen molar-refractivity contribution in [2.24, 2.45) is 0 Å². The van der Waals surface area contributed by atoms with Crippen molar-refractivity contribution in [3.63, 3.8) is 0 Å². The molecule has 0 aromatic carbocycles. The molecule has 17 heavy (non-hydrogen) atoms. The molecule has 7 nitrogen and oxygen atoms in total. The first-order valence-electron chi connectivity index (χ1n) is 5.63. The first kappa shape index (κ1) is 11.7. The molecule has 2 heterocycles. The first-order valence-corrected chi connectivity index (χ1v) is 5.63. The summed E-state index contributed by atoms with van der Waals surface area (Å²) in [4.78, 5) is 14.4. The molecule has 7 heteroatoms. The third kappa shape index (κ3) is 3.10. The van der Waals surface area contributed by atoms with Gasteiger partial charge in [-0.25, -0.2) is 4.79 Å². The zero-order valence-electron chi connectivity index (χ0n) is 9.62. The lowest BCUT2D eigenvalue weighted by molar-refractivity contribution is 0.103. The van der Waals surface area contributed by atoms with Gasteiger partial charge in [-0.05, 0) is 0 Å². The number of hydrogen-bond donors (Lipinski definition) is 2. The Morgan fingerprint density at radius 2 is 2.06 bits per heavy atom. The Morgan fingerprint density at radius 3 is 2.59 bits per heavy atom. The quantitative estimate of drug-likeness (QED) is 0.760. The SMILES string of the molecule is Nc1cnn(CCN2CCN(C(=O)O)CC2)c1. The Labute approximate surface area is 99.4 Å². The summed E-state index contributed by atoms with van der Waals surface area (Å²) in [6, 6.07) is 0. The predicted octanol–water partition coefficient (Wildman–Crippen LogP) is -0.239. The first-order chi connectivity index (χ1) is 8.15. The molecule has 1 saturated heterocycles. The van der Waals surface area contributed by atoms with Gasteiger partial charge in [0.25, 0.3) is 0 Å². The van der Waals surface area contributed by atoms with Crippen LogP contribution in [-0.4, -0.2) is 63.5 Å². The van der Waals surface area contributed by atoms with Crippen LogP contribution in [0, 0.1) is 0 Å². The highest BCUT2D eigenvalue weighted by molar-refractivity contribution is 5.65. The maximum absolute atomic E-state index is 10.7. The summed E-state index contributed by atoms with van der Waals surface area (Å²) in [5.41, 5.74) is 6.24. The van der Waals surface area contributed by atoms with Crippen molar-refractivity contribution in [1.82, 2.24) is 19.6 Å². The minimum Gasteiger partial charge on any atom is -0.465 e. The highest BCUT2D eigenvalue weighted by Gasteiger charge is 2.19. The van der Waals surface area contributed by atoms with E-state index in [0.29, 0.717) is 18.8 Å². The molecule has 0 atom stereocenters. The van der Waals surface area contributed by atoms with E-state index in [4.69, 9.17) is 10.8 Å². The van der Waals surface area contributed by atoms with Crippen molar-refractivity contribution < 1.29 is 9.90 Å². The molecule has 94 valence electrons. The number of hydrogen-bond acceptors (Lipinski definition) is 4. The summed E-state index contributed by atoms with van der Waals surface area (Å²) < 4.78 is 1.80. The van der Waals surface area contributed by atoms with Crippen LogP contribution in [0.1, 0.15) is 0 Å². The van der Waals surface area contributed by atoms with E-state index in [1.54, 1.807) is 17.1 Å². The summed E-state index contributed by atoms with van der Waals surface area (Å²) in [5, 5.41) is 12.9. The number of nitrogens with two attached hydrogens (primary N) is 1. The number of aromatic nitrogens is 2. The van der Waals surface area contributed by atoms with E-state index < -0.39 is 6.09 Å². The topological polar surface area (TPSA) is 87.6 Å². The molecule has 0 unspecified atom stereocenters. The Kier molecular flexibility index (Phi) is 3.48. The zero-order chi connectivity index (χ0) is 12.3. The molecule has 3 N–H and O–H groups in total. The van der Waals surface area contributed by atoms with E-state index in [1.165, 1.54) is 4.90 Å². The fourth-order valence-corrected chi connectivity index (χ4v) is 1.91. The molecule has 0 spiro atoms. The lowest BCUT2D eigenvalue weighted by Crippen LogP contribution is -2.48. The van der Waals surface area contributed by atoms with Crippen LogP contribution in [0.25, 0.3) is 0 Å². The average molecular weight is 239 g/mol. The summed E-state index contributed by atoms with van der Waals surface area (Å²) in [6.07, 6.45) is 2.60. The van der Waals surface area contributed by atoms with Crippen LogP contribution in [0.15, 0.2) is 12.4 Å². The van der Waals surface area contributed by atoms with Crippen molar-refractivity contribution >= 4 is 11.8 Å². The molecule has 0 aliphatic carbocycles. The van der Waals surface area contributed by atoms with Crippen molar-refractivity contribution in [1.29, 1.82) is 0 Å². The maximum atomic E-state index is 10.7. The Balaban J connectivity index is 1.73. The number of nitrogen functional groups attached to an aromatic ring is 1. The zero-order valence-corrected chi connectivity index (χ0v) is 9.62. The van der Waals surface area contributed by atoms with Gasteiger partial charge >= 0.3 is 6.09 Å². The van der Waals surface area contributed by atoms with Crippen molar-refractivity contribution in [2.75, 3.05) is 38.5 Å². The van der Waals surface area contributed by atoms with E-state index >= 15 is 0 Å². The normalized spacial score (nSPS) is 17.3. The molecule has 0 saturated carbocycles. The minimum absolute atomic E-state index is 0.580. The summed E-state index contributed by atoms with van der Waals surface area (Å²) in [5.74, 6) is 0. The van der Waals surface area contributed by atoms with E-state index in [9.17, 15) is 4.79 Å². The molecule has 0 radical (unpaired) electrons. The Bertz CT molecular complexity index is 384. The van der Waals surface area contributed by atoms with Crippen molar-refractivity contribution in [2.45, 2.75) is 6.54 Å². The lowest BCUT2D eigenvalue weighted by Gasteiger charge is -2.32. The fraction of sp³-hybridized carbons (Fsp3) is 0.600. The number of nitrogens with zero attached hydrogens (tertiary/aromatic N) is 4. The number of anilines is 1. The van der Waals surface area contributed by atoms with Crippen LogP contribution in [0.5, 0.6) is 0 Å². The van der Waals surface area contributed by atoms with Crippen LogP contribution in [0.3, 0.4) is 0 Å². The predicted molar refractivity (Wildman–Crippen MR) is 62.7 cm³/mol. The van der Waals surface area contributed by atoms with Crippen LogP contribution >= 0.6 is 0 Å². The lowest BCUT2D eigenvalue weighted by atomic mass is 10.3.